The lowest BCUT2D eigenvalue weighted by Gasteiger charge is -2.23. The van der Waals surface area contributed by atoms with Gasteiger partial charge in [0.05, 0.1) is 24.7 Å². The minimum Gasteiger partial charge on any atom is -0.497 e. The topological polar surface area (TPSA) is 59.9 Å². The Morgan fingerprint density at radius 1 is 1.03 bits per heavy atom. The van der Waals surface area contributed by atoms with Gasteiger partial charge in [-0.05, 0) is 61.5 Å². The van der Waals surface area contributed by atoms with Gasteiger partial charge in [-0.15, -0.1) is 5.10 Å². The second-order valence-corrected chi connectivity index (χ2v) is 9.05. The summed E-state index contributed by atoms with van der Waals surface area (Å²) in [5, 5.41) is 5.50. The van der Waals surface area contributed by atoms with Crippen LogP contribution in [0.3, 0.4) is 0 Å². The molecule has 0 radical (unpaired) electrons. The third kappa shape index (κ3) is 4.10. The minimum absolute atomic E-state index is 0.0120. The summed E-state index contributed by atoms with van der Waals surface area (Å²) in [5.41, 5.74) is 2.01. The summed E-state index contributed by atoms with van der Waals surface area (Å²) in [7, 11) is 1.69. The third-order valence-corrected chi connectivity index (χ3v) is 6.88. The zero-order valence-corrected chi connectivity index (χ0v) is 20.5. The highest BCUT2D eigenvalue weighted by molar-refractivity contribution is 7.71. The van der Waals surface area contributed by atoms with E-state index in [1.54, 1.807) is 11.7 Å². The normalized spacial score (nSPS) is 15.2. The molecule has 5 rings (SSSR count). The van der Waals surface area contributed by atoms with Crippen molar-refractivity contribution in [2.24, 2.45) is 0 Å². The Bertz CT molecular complexity index is 1420. The summed E-state index contributed by atoms with van der Waals surface area (Å²) in [6, 6.07) is 15.9. The van der Waals surface area contributed by atoms with E-state index in [0.717, 1.165) is 50.3 Å². The van der Waals surface area contributed by atoms with E-state index in [4.69, 9.17) is 22.1 Å². The molecule has 4 aromatic rings. The van der Waals surface area contributed by atoms with Crippen LogP contribution in [0.4, 0.5) is 5.69 Å². The number of para-hydroxylation sites is 1. The second-order valence-electron chi connectivity index (χ2n) is 8.69. The SMILES string of the molecule is CCCn1c(=O)c2ccccc2n2c(=S)n(CN3CCCN(c4ccc(OC)cc4)CC3)nc12. The molecule has 2 aromatic heterocycles. The number of nitrogens with zero attached hydrogens (tertiary/aromatic N) is 6. The Balaban J connectivity index is 1.43. The van der Waals surface area contributed by atoms with Crippen molar-refractivity contribution in [2.75, 3.05) is 38.2 Å². The Morgan fingerprint density at radius 2 is 1.82 bits per heavy atom. The van der Waals surface area contributed by atoms with Crippen molar-refractivity contribution >= 4 is 34.6 Å². The van der Waals surface area contributed by atoms with Gasteiger partial charge in [0.25, 0.3) is 5.56 Å². The van der Waals surface area contributed by atoms with Gasteiger partial charge >= 0.3 is 0 Å². The maximum Gasteiger partial charge on any atom is 0.262 e. The molecule has 9 heteroatoms. The van der Waals surface area contributed by atoms with Crippen molar-refractivity contribution in [3.8, 4) is 5.75 Å². The van der Waals surface area contributed by atoms with Crippen LogP contribution in [0, 0.1) is 4.77 Å². The first-order chi connectivity index (χ1) is 16.6. The molecule has 8 nitrogen and oxygen atoms in total. The molecule has 1 aliphatic rings. The summed E-state index contributed by atoms with van der Waals surface area (Å²) in [6.45, 7) is 7.08. The van der Waals surface area contributed by atoms with E-state index < -0.39 is 0 Å². The van der Waals surface area contributed by atoms with Gasteiger partial charge in [0.2, 0.25) is 10.5 Å². The highest BCUT2D eigenvalue weighted by Gasteiger charge is 2.19. The van der Waals surface area contributed by atoms with Crippen LogP contribution in [0.2, 0.25) is 0 Å². The van der Waals surface area contributed by atoms with Crippen molar-refractivity contribution < 1.29 is 4.74 Å². The molecule has 0 amide bonds. The molecule has 0 N–H and O–H groups in total. The molecule has 1 fully saturated rings. The molecule has 1 aliphatic heterocycles. The van der Waals surface area contributed by atoms with E-state index in [1.807, 2.05) is 45.5 Å². The van der Waals surface area contributed by atoms with Crippen molar-refractivity contribution in [2.45, 2.75) is 33.0 Å². The van der Waals surface area contributed by atoms with Gasteiger partial charge in [-0.2, -0.15) is 0 Å². The summed E-state index contributed by atoms with van der Waals surface area (Å²) < 4.78 is 11.5. The number of hydrogen-bond acceptors (Lipinski definition) is 6. The number of aryl methyl sites for hydroxylation is 1. The van der Waals surface area contributed by atoms with Crippen molar-refractivity contribution in [1.29, 1.82) is 0 Å². The van der Waals surface area contributed by atoms with Crippen molar-refractivity contribution in [3.05, 3.63) is 63.7 Å². The molecule has 0 bridgehead atoms. The quantitative estimate of drug-likeness (QED) is 0.393. The van der Waals surface area contributed by atoms with Gasteiger partial charge in [0.15, 0.2) is 0 Å². The number of benzene rings is 2. The average Bonchev–Trinajstić information content (AvgIpc) is 3.03. The Morgan fingerprint density at radius 3 is 2.59 bits per heavy atom. The summed E-state index contributed by atoms with van der Waals surface area (Å²) in [4.78, 5) is 17.9. The van der Waals surface area contributed by atoms with Crippen LogP contribution in [0.25, 0.3) is 16.7 Å². The maximum absolute atomic E-state index is 13.1. The van der Waals surface area contributed by atoms with Crippen LogP contribution >= 0.6 is 12.2 Å². The number of ether oxygens (including phenoxy) is 1. The molecule has 0 unspecified atom stereocenters. The first-order valence-corrected chi connectivity index (χ1v) is 12.2. The van der Waals surface area contributed by atoms with Crippen LogP contribution in [0.15, 0.2) is 53.3 Å². The second kappa shape index (κ2) is 9.60. The van der Waals surface area contributed by atoms with Crippen molar-refractivity contribution in [1.82, 2.24) is 23.6 Å². The van der Waals surface area contributed by atoms with Gasteiger partial charge < -0.3 is 9.64 Å². The molecule has 0 spiro atoms. The molecule has 2 aromatic carbocycles. The van der Waals surface area contributed by atoms with E-state index in [-0.39, 0.29) is 5.56 Å². The molecule has 1 saturated heterocycles. The van der Waals surface area contributed by atoms with E-state index in [0.29, 0.717) is 29.1 Å². The summed E-state index contributed by atoms with van der Waals surface area (Å²) >= 11 is 5.87. The number of methoxy groups -OCH3 is 1. The maximum atomic E-state index is 13.1. The zero-order valence-electron chi connectivity index (χ0n) is 19.7. The number of aromatic nitrogens is 4. The highest BCUT2D eigenvalue weighted by atomic mass is 32.1. The van der Waals surface area contributed by atoms with Crippen LogP contribution in [-0.4, -0.2) is 56.9 Å². The fourth-order valence-electron chi connectivity index (χ4n) is 4.74. The standard InChI is InChI=1S/C25H30N6O2S/c1-3-13-29-23(32)21-7-4-5-8-22(21)31-24(29)26-30(25(31)34)18-27-14-6-15-28(17-16-27)19-9-11-20(33-2)12-10-19/h4-5,7-12H,3,6,13-18H2,1-2H3. The molecule has 178 valence electrons. The molecule has 34 heavy (non-hydrogen) atoms. The van der Waals surface area contributed by atoms with E-state index in [9.17, 15) is 4.79 Å². The number of rotatable bonds is 6. The smallest absolute Gasteiger partial charge is 0.262 e. The van der Waals surface area contributed by atoms with Gasteiger partial charge in [-0.3, -0.25) is 18.7 Å². The van der Waals surface area contributed by atoms with E-state index in [2.05, 4.69) is 28.9 Å². The lowest BCUT2D eigenvalue weighted by Crippen LogP contribution is -2.32. The molecular formula is C25H30N6O2S. The number of anilines is 1. The average molecular weight is 479 g/mol. The van der Waals surface area contributed by atoms with Crippen LogP contribution in [0.5, 0.6) is 5.75 Å². The van der Waals surface area contributed by atoms with Gasteiger partial charge in [0, 0.05) is 38.4 Å². The predicted octanol–water partition coefficient (Wildman–Crippen LogP) is 3.77. The minimum atomic E-state index is -0.0120. The van der Waals surface area contributed by atoms with Crippen LogP contribution < -0.4 is 15.2 Å². The van der Waals surface area contributed by atoms with Gasteiger partial charge in [-0.25, -0.2) is 4.68 Å². The van der Waals surface area contributed by atoms with E-state index in [1.165, 1.54) is 5.69 Å². The van der Waals surface area contributed by atoms with Crippen molar-refractivity contribution in [3.63, 3.8) is 0 Å². The number of hydrogen-bond donors (Lipinski definition) is 0. The molecule has 0 aliphatic carbocycles. The Kier molecular flexibility index (Phi) is 6.38. The molecule has 3 heterocycles. The number of fused-ring (bicyclic) bond motifs is 3. The largest absolute Gasteiger partial charge is 0.497 e. The first kappa shape index (κ1) is 22.6. The lowest BCUT2D eigenvalue weighted by atomic mass is 10.2. The molecule has 0 atom stereocenters. The van der Waals surface area contributed by atoms with Gasteiger partial charge in [-0.1, -0.05) is 19.1 Å². The lowest BCUT2D eigenvalue weighted by molar-refractivity contribution is 0.220. The molecular weight excluding hydrogens is 448 g/mol. The highest BCUT2D eigenvalue weighted by Crippen LogP contribution is 2.21. The Hall–Kier alpha value is -3.17. The Labute approximate surface area is 203 Å². The van der Waals surface area contributed by atoms with Crippen LogP contribution in [-0.2, 0) is 13.2 Å². The summed E-state index contributed by atoms with van der Waals surface area (Å²) in [5.74, 6) is 1.49. The zero-order chi connectivity index (χ0) is 23.7. The fourth-order valence-corrected chi connectivity index (χ4v) is 5.02. The summed E-state index contributed by atoms with van der Waals surface area (Å²) in [6.07, 6.45) is 1.90. The predicted molar refractivity (Wildman–Crippen MR) is 137 cm³/mol. The monoisotopic (exact) mass is 478 g/mol. The van der Waals surface area contributed by atoms with E-state index >= 15 is 0 Å². The van der Waals surface area contributed by atoms with Crippen LogP contribution in [0.1, 0.15) is 19.8 Å². The molecule has 0 saturated carbocycles. The van der Waals surface area contributed by atoms with Gasteiger partial charge in [0.1, 0.15) is 5.75 Å². The first-order valence-electron chi connectivity index (χ1n) is 11.8. The third-order valence-electron chi connectivity index (χ3n) is 6.49. The fraction of sp³-hybridized carbons (Fsp3) is 0.400.